The fourth-order valence-electron chi connectivity index (χ4n) is 2.81. The zero-order chi connectivity index (χ0) is 14.8. The molecular weight excluding hydrogens is 290 g/mol. The number of likely N-dealkylation sites (tertiary alicyclic amines) is 1. The number of hydrogen-bond donors (Lipinski definition) is 1. The summed E-state index contributed by atoms with van der Waals surface area (Å²) in [5, 5.41) is 16.2. The second-order valence-electron chi connectivity index (χ2n) is 5.59. The molecule has 1 aliphatic rings. The maximum absolute atomic E-state index is 11.2. The molecule has 1 saturated heterocycles. The molecule has 3 heterocycles. The molecule has 1 atom stereocenters. The first-order valence-electron chi connectivity index (χ1n) is 7.21. The average molecular weight is 309 g/mol. The van der Waals surface area contributed by atoms with E-state index in [1.165, 1.54) is 41.7 Å². The molecule has 2 aromatic rings. The second kappa shape index (κ2) is 5.98. The van der Waals surface area contributed by atoms with E-state index in [2.05, 4.69) is 22.1 Å². The Balaban J connectivity index is 1.65. The molecule has 1 unspecified atom stereocenters. The normalized spacial score (nSPS) is 17.4. The van der Waals surface area contributed by atoms with Gasteiger partial charge in [-0.05, 0) is 36.8 Å². The van der Waals surface area contributed by atoms with E-state index in [0.29, 0.717) is 23.2 Å². The molecule has 0 aromatic carbocycles. The minimum Gasteiger partial charge on any atom is -0.363 e. The summed E-state index contributed by atoms with van der Waals surface area (Å²) in [6, 6.07) is 0. The van der Waals surface area contributed by atoms with E-state index in [1.807, 2.05) is 0 Å². The highest BCUT2D eigenvalue weighted by Gasteiger charge is 2.24. The number of nitrogens with one attached hydrogen (secondary N) is 1. The van der Waals surface area contributed by atoms with Crippen LogP contribution in [-0.4, -0.2) is 45.4 Å². The molecule has 0 spiro atoms. The van der Waals surface area contributed by atoms with Crippen molar-refractivity contribution in [1.29, 1.82) is 0 Å². The van der Waals surface area contributed by atoms with Gasteiger partial charge in [0.25, 0.3) is 4.96 Å². The van der Waals surface area contributed by atoms with Crippen LogP contribution in [0, 0.1) is 16.0 Å². The first-order valence-corrected chi connectivity index (χ1v) is 8.09. The number of aromatic nitrogens is 2. The first-order chi connectivity index (χ1) is 10.1. The molecular formula is C13H19N5O2S. The number of nitrogens with zero attached hydrogens (tertiary/aromatic N) is 4. The number of fused-ring (bicyclic) bond motifs is 1. The number of thiazole rings is 1. The Kier molecular flexibility index (Phi) is 4.07. The van der Waals surface area contributed by atoms with Crippen LogP contribution in [0.2, 0.25) is 0 Å². The third kappa shape index (κ3) is 3.01. The van der Waals surface area contributed by atoms with Crippen molar-refractivity contribution in [3.8, 4) is 0 Å². The zero-order valence-corrected chi connectivity index (χ0v) is 12.8. The van der Waals surface area contributed by atoms with E-state index in [4.69, 9.17) is 0 Å². The summed E-state index contributed by atoms with van der Waals surface area (Å²) in [5.41, 5.74) is 0. The molecule has 7 nitrogen and oxygen atoms in total. The van der Waals surface area contributed by atoms with Crippen molar-refractivity contribution in [2.75, 3.05) is 31.5 Å². The van der Waals surface area contributed by atoms with E-state index in [9.17, 15) is 10.1 Å². The summed E-state index contributed by atoms with van der Waals surface area (Å²) in [4.78, 5) is 18.3. The van der Waals surface area contributed by atoms with Crippen LogP contribution in [0.25, 0.3) is 4.96 Å². The van der Waals surface area contributed by atoms with Crippen molar-refractivity contribution < 1.29 is 4.92 Å². The van der Waals surface area contributed by atoms with Crippen LogP contribution in [0.3, 0.4) is 0 Å². The second-order valence-corrected chi connectivity index (χ2v) is 6.46. The highest BCUT2D eigenvalue weighted by Crippen LogP contribution is 2.28. The quantitative estimate of drug-likeness (QED) is 0.655. The van der Waals surface area contributed by atoms with Gasteiger partial charge in [0, 0.05) is 18.5 Å². The molecule has 1 fully saturated rings. The number of anilines is 1. The predicted molar refractivity (Wildman–Crippen MR) is 83.1 cm³/mol. The summed E-state index contributed by atoms with van der Waals surface area (Å²) in [6.07, 6.45) is 4.25. The summed E-state index contributed by atoms with van der Waals surface area (Å²) in [7, 11) is 0. The molecule has 21 heavy (non-hydrogen) atoms. The largest absolute Gasteiger partial charge is 0.372 e. The Labute approximate surface area is 126 Å². The predicted octanol–water partition coefficient (Wildman–Crippen LogP) is 2.45. The Morgan fingerprint density at radius 2 is 2.29 bits per heavy atom. The van der Waals surface area contributed by atoms with Crippen LogP contribution in [-0.2, 0) is 0 Å². The molecule has 3 rings (SSSR count). The average Bonchev–Trinajstić information content (AvgIpc) is 3.11. The van der Waals surface area contributed by atoms with Crippen molar-refractivity contribution in [2.24, 2.45) is 5.92 Å². The van der Waals surface area contributed by atoms with Gasteiger partial charge in [-0.15, -0.1) is 0 Å². The molecule has 1 N–H and O–H groups in total. The van der Waals surface area contributed by atoms with Gasteiger partial charge in [0.05, 0.1) is 0 Å². The van der Waals surface area contributed by atoms with Crippen molar-refractivity contribution in [2.45, 2.75) is 19.8 Å². The van der Waals surface area contributed by atoms with E-state index in [-0.39, 0.29) is 10.7 Å². The summed E-state index contributed by atoms with van der Waals surface area (Å²) < 4.78 is 1.53. The SMILES string of the molecule is CC(CNc1nc2sccn2c1[N+](=O)[O-])CN1CCCC1. The van der Waals surface area contributed by atoms with Crippen molar-refractivity contribution in [3.63, 3.8) is 0 Å². The number of rotatable bonds is 6. The van der Waals surface area contributed by atoms with Crippen LogP contribution in [0.4, 0.5) is 11.6 Å². The standard InChI is InChI=1S/C13H19N5O2S/c1-10(9-16-4-2-3-5-16)8-14-11-12(18(19)20)17-6-7-21-13(17)15-11/h6-7,10,14H,2-5,8-9H2,1H3. The smallest absolute Gasteiger partial charge is 0.363 e. The van der Waals surface area contributed by atoms with Crippen molar-refractivity contribution in [3.05, 3.63) is 21.7 Å². The van der Waals surface area contributed by atoms with Crippen LogP contribution < -0.4 is 5.32 Å². The fourth-order valence-corrected chi connectivity index (χ4v) is 3.52. The number of hydrogen-bond acceptors (Lipinski definition) is 6. The van der Waals surface area contributed by atoms with Crippen LogP contribution in [0.1, 0.15) is 19.8 Å². The molecule has 0 bridgehead atoms. The molecule has 0 amide bonds. The minimum atomic E-state index is -0.375. The lowest BCUT2D eigenvalue weighted by atomic mass is 10.1. The van der Waals surface area contributed by atoms with E-state index in [1.54, 1.807) is 11.6 Å². The monoisotopic (exact) mass is 309 g/mol. The summed E-state index contributed by atoms with van der Waals surface area (Å²) in [6.45, 7) is 6.23. The lowest BCUT2D eigenvalue weighted by Gasteiger charge is -2.20. The maximum atomic E-state index is 11.2. The highest BCUT2D eigenvalue weighted by molar-refractivity contribution is 7.15. The third-order valence-electron chi connectivity index (χ3n) is 3.80. The molecule has 0 saturated carbocycles. The Hall–Kier alpha value is -1.67. The minimum absolute atomic E-state index is 0.0274. The van der Waals surface area contributed by atoms with Gasteiger partial charge in [-0.1, -0.05) is 18.3 Å². The first kappa shape index (κ1) is 14.3. The highest BCUT2D eigenvalue weighted by atomic mass is 32.1. The van der Waals surface area contributed by atoms with Gasteiger partial charge < -0.3 is 20.3 Å². The van der Waals surface area contributed by atoms with E-state index in [0.717, 1.165) is 6.54 Å². The lowest BCUT2D eigenvalue weighted by Crippen LogP contribution is -2.29. The van der Waals surface area contributed by atoms with E-state index < -0.39 is 0 Å². The van der Waals surface area contributed by atoms with Gasteiger partial charge in [0.2, 0.25) is 5.82 Å². The van der Waals surface area contributed by atoms with Crippen LogP contribution >= 0.6 is 11.3 Å². The molecule has 2 aromatic heterocycles. The molecule has 1 aliphatic heterocycles. The number of imidazole rings is 1. The fraction of sp³-hybridized carbons (Fsp3) is 0.615. The van der Waals surface area contributed by atoms with Crippen LogP contribution in [0.15, 0.2) is 11.6 Å². The van der Waals surface area contributed by atoms with E-state index >= 15 is 0 Å². The van der Waals surface area contributed by atoms with Gasteiger partial charge >= 0.3 is 5.82 Å². The van der Waals surface area contributed by atoms with Gasteiger partial charge in [0.15, 0.2) is 0 Å². The third-order valence-corrected chi connectivity index (χ3v) is 4.55. The summed E-state index contributed by atoms with van der Waals surface area (Å²) >= 11 is 1.40. The number of nitro groups is 1. The van der Waals surface area contributed by atoms with Crippen molar-refractivity contribution >= 4 is 27.9 Å². The molecule has 8 heteroatoms. The zero-order valence-electron chi connectivity index (χ0n) is 12.0. The van der Waals surface area contributed by atoms with Gasteiger partial charge in [0.1, 0.15) is 6.20 Å². The lowest BCUT2D eigenvalue weighted by molar-refractivity contribution is -0.389. The molecule has 0 aliphatic carbocycles. The summed E-state index contributed by atoms with van der Waals surface area (Å²) in [5.74, 6) is 0.835. The topological polar surface area (TPSA) is 75.7 Å². The van der Waals surface area contributed by atoms with Gasteiger partial charge in [-0.25, -0.2) is 0 Å². The van der Waals surface area contributed by atoms with Gasteiger partial charge in [-0.2, -0.15) is 9.38 Å². The van der Waals surface area contributed by atoms with Gasteiger partial charge in [-0.3, -0.25) is 0 Å². The van der Waals surface area contributed by atoms with Crippen LogP contribution in [0.5, 0.6) is 0 Å². The van der Waals surface area contributed by atoms with Crippen molar-refractivity contribution in [1.82, 2.24) is 14.3 Å². The molecule has 114 valence electrons. The Bertz CT molecular complexity index is 632. The molecule has 0 radical (unpaired) electrons. The Morgan fingerprint density at radius 3 is 3.00 bits per heavy atom. The maximum Gasteiger partial charge on any atom is 0.372 e. The Morgan fingerprint density at radius 1 is 1.52 bits per heavy atom.